The average Bonchev–Trinajstić information content (AvgIpc) is 2.56. The van der Waals surface area contributed by atoms with E-state index in [9.17, 15) is 4.79 Å². The van der Waals surface area contributed by atoms with Crippen molar-refractivity contribution >= 4 is 5.91 Å². The third-order valence-electron chi connectivity index (χ3n) is 1.40. The van der Waals surface area contributed by atoms with Crippen molar-refractivity contribution in [3.05, 3.63) is 24.0 Å². The molecule has 0 fully saturated rings. The Balaban J connectivity index is 2.57. The van der Waals surface area contributed by atoms with Gasteiger partial charge in [0.05, 0.1) is 11.6 Å². The molecule has 1 heterocycles. The molecule has 1 rings (SSSR count). The lowest BCUT2D eigenvalue weighted by atomic mass is 10.3. The number of nitriles is 1. The number of amides is 1. The Morgan fingerprint density at radius 2 is 2.58 bits per heavy atom. The van der Waals surface area contributed by atoms with Crippen LogP contribution in [0.2, 0.25) is 0 Å². The smallest absolute Gasteiger partial charge is 0.253 e. The van der Waals surface area contributed by atoms with Crippen molar-refractivity contribution in [1.82, 2.24) is 10.3 Å². The van der Waals surface area contributed by atoms with Gasteiger partial charge in [0.25, 0.3) is 5.91 Å². The SMILES string of the molecule is C[C@H](C#N)NC(=O)c1cc[nH]c1. The van der Waals surface area contributed by atoms with Crippen LogP contribution in [0.4, 0.5) is 0 Å². The van der Waals surface area contributed by atoms with E-state index in [4.69, 9.17) is 5.26 Å². The van der Waals surface area contributed by atoms with E-state index in [0.29, 0.717) is 5.56 Å². The Hall–Kier alpha value is -1.76. The molecule has 12 heavy (non-hydrogen) atoms. The highest BCUT2D eigenvalue weighted by atomic mass is 16.1. The zero-order valence-corrected chi connectivity index (χ0v) is 6.66. The van der Waals surface area contributed by atoms with Gasteiger partial charge in [-0.1, -0.05) is 0 Å². The van der Waals surface area contributed by atoms with Gasteiger partial charge in [-0.25, -0.2) is 0 Å². The molecule has 4 heteroatoms. The van der Waals surface area contributed by atoms with Gasteiger partial charge in [0.1, 0.15) is 6.04 Å². The molecule has 0 saturated carbocycles. The Bertz CT molecular complexity index is 297. The first-order valence-corrected chi connectivity index (χ1v) is 3.57. The number of aromatic amines is 1. The lowest BCUT2D eigenvalue weighted by molar-refractivity contribution is 0.0948. The van der Waals surface area contributed by atoms with E-state index >= 15 is 0 Å². The van der Waals surface area contributed by atoms with Gasteiger partial charge >= 0.3 is 0 Å². The topological polar surface area (TPSA) is 68.7 Å². The molecule has 0 aliphatic heterocycles. The van der Waals surface area contributed by atoms with Gasteiger partial charge < -0.3 is 10.3 Å². The monoisotopic (exact) mass is 163 g/mol. The van der Waals surface area contributed by atoms with Crippen LogP contribution in [-0.4, -0.2) is 16.9 Å². The molecule has 4 nitrogen and oxygen atoms in total. The average molecular weight is 163 g/mol. The second-order valence-corrected chi connectivity index (χ2v) is 2.42. The summed E-state index contributed by atoms with van der Waals surface area (Å²) < 4.78 is 0. The van der Waals surface area contributed by atoms with Crippen LogP contribution in [0, 0.1) is 11.3 Å². The molecule has 0 aromatic carbocycles. The third-order valence-corrected chi connectivity index (χ3v) is 1.40. The summed E-state index contributed by atoms with van der Waals surface area (Å²) in [5, 5.41) is 10.9. The molecule has 0 spiro atoms. The van der Waals surface area contributed by atoms with Crippen molar-refractivity contribution in [1.29, 1.82) is 5.26 Å². The van der Waals surface area contributed by atoms with E-state index in [1.807, 2.05) is 6.07 Å². The normalized spacial score (nSPS) is 11.7. The number of hydrogen-bond acceptors (Lipinski definition) is 2. The van der Waals surface area contributed by atoms with E-state index in [0.717, 1.165) is 0 Å². The van der Waals surface area contributed by atoms with E-state index in [1.54, 1.807) is 25.4 Å². The predicted molar refractivity (Wildman–Crippen MR) is 43.3 cm³/mol. The lowest BCUT2D eigenvalue weighted by Gasteiger charge is -2.03. The van der Waals surface area contributed by atoms with Crippen LogP contribution >= 0.6 is 0 Å². The highest BCUT2D eigenvalue weighted by Gasteiger charge is 2.07. The van der Waals surface area contributed by atoms with Crippen LogP contribution in [0.5, 0.6) is 0 Å². The van der Waals surface area contributed by atoms with Crippen molar-refractivity contribution < 1.29 is 4.79 Å². The number of nitrogens with zero attached hydrogens (tertiary/aromatic N) is 1. The molecule has 1 aromatic rings. The van der Waals surface area contributed by atoms with Crippen molar-refractivity contribution in [2.24, 2.45) is 0 Å². The Morgan fingerprint density at radius 1 is 1.83 bits per heavy atom. The minimum Gasteiger partial charge on any atom is -0.367 e. The van der Waals surface area contributed by atoms with E-state index in [-0.39, 0.29) is 5.91 Å². The maximum Gasteiger partial charge on any atom is 0.253 e. The van der Waals surface area contributed by atoms with Gasteiger partial charge in [0.2, 0.25) is 0 Å². The summed E-state index contributed by atoms with van der Waals surface area (Å²) in [5.41, 5.74) is 0.539. The van der Waals surface area contributed by atoms with E-state index in [1.165, 1.54) is 0 Å². The molecule has 0 saturated heterocycles. The molecule has 1 atom stereocenters. The molecule has 0 aliphatic carbocycles. The van der Waals surface area contributed by atoms with Crippen molar-refractivity contribution in [2.75, 3.05) is 0 Å². The summed E-state index contributed by atoms with van der Waals surface area (Å²) in [6, 6.07) is 3.12. The summed E-state index contributed by atoms with van der Waals surface area (Å²) in [6.45, 7) is 1.63. The summed E-state index contributed by atoms with van der Waals surface area (Å²) in [6.07, 6.45) is 3.24. The number of rotatable bonds is 2. The second-order valence-electron chi connectivity index (χ2n) is 2.42. The van der Waals surface area contributed by atoms with Gasteiger partial charge in [-0.3, -0.25) is 4.79 Å². The van der Waals surface area contributed by atoms with Crippen LogP contribution in [0.15, 0.2) is 18.5 Å². The van der Waals surface area contributed by atoms with Crippen LogP contribution in [0.3, 0.4) is 0 Å². The zero-order chi connectivity index (χ0) is 8.97. The Labute approximate surface area is 70.2 Å². The lowest BCUT2D eigenvalue weighted by Crippen LogP contribution is -2.30. The van der Waals surface area contributed by atoms with Gasteiger partial charge in [-0.15, -0.1) is 0 Å². The first kappa shape index (κ1) is 8.34. The Morgan fingerprint density at radius 3 is 3.08 bits per heavy atom. The molecule has 1 aromatic heterocycles. The fourth-order valence-corrected chi connectivity index (χ4v) is 0.777. The summed E-state index contributed by atoms with van der Waals surface area (Å²) in [7, 11) is 0. The number of carbonyl (C=O) groups excluding carboxylic acids is 1. The summed E-state index contributed by atoms with van der Waals surface area (Å²) in [4.78, 5) is 14.0. The molecule has 62 valence electrons. The second kappa shape index (κ2) is 3.58. The van der Waals surface area contributed by atoms with Crippen molar-refractivity contribution in [3.8, 4) is 6.07 Å². The molecular formula is C8H9N3O. The minimum atomic E-state index is -0.451. The molecule has 0 radical (unpaired) electrons. The zero-order valence-electron chi connectivity index (χ0n) is 6.66. The highest BCUT2D eigenvalue weighted by molar-refractivity contribution is 5.94. The van der Waals surface area contributed by atoms with Crippen molar-refractivity contribution in [3.63, 3.8) is 0 Å². The molecular weight excluding hydrogens is 154 g/mol. The summed E-state index contributed by atoms with van der Waals surface area (Å²) in [5.74, 6) is -0.231. The fourth-order valence-electron chi connectivity index (χ4n) is 0.777. The first-order valence-electron chi connectivity index (χ1n) is 3.57. The molecule has 0 bridgehead atoms. The summed E-state index contributed by atoms with van der Waals surface area (Å²) >= 11 is 0. The number of carbonyl (C=O) groups is 1. The van der Waals surface area contributed by atoms with Gasteiger partial charge in [-0.05, 0) is 13.0 Å². The van der Waals surface area contributed by atoms with Gasteiger partial charge in [0, 0.05) is 12.4 Å². The molecule has 0 aliphatic rings. The fraction of sp³-hybridized carbons (Fsp3) is 0.250. The number of nitrogens with one attached hydrogen (secondary N) is 2. The number of H-pyrrole nitrogens is 1. The van der Waals surface area contributed by atoms with E-state index in [2.05, 4.69) is 10.3 Å². The predicted octanol–water partition coefficient (Wildman–Crippen LogP) is 0.657. The van der Waals surface area contributed by atoms with Gasteiger partial charge in [-0.2, -0.15) is 5.26 Å². The maximum absolute atomic E-state index is 11.2. The number of aromatic nitrogens is 1. The largest absolute Gasteiger partial charge is 0.367 e. The first-order chi connectivity index (χ1) is 5.74. The maximum atomic E-state index is 11.2. The highest BCUT2D eigenvalue weighted by Crippen LogP contribution is 1.96. The minimum absolute atomic E-state index is 0.231. The standard InChI is InChI=1S/C8H9N3O/c1-6(4-9)11-8(12)7-2-3-10-5-7/h2-3,5-6,10H,1H3,(H,11,12)/t6-/m1/s1. The molecule has 1 amide bonds. The van der Waals surface area contributed by atoms with Crippen LogP contribution in [0.25, 0.3) is 0 Å². The molecule has 0 unspecified atom stereocenters. The Kier molecular flexibility index (Phi) is 2.49. The van der Waals surface area contributed by atoms with Crippen LogP contribution in [0.1, 0.15) is 17.3 Å². The van der Waals surface area contributed by atoms with Crippen LogP contribution < -0.4 is 5.32 Å². The number of hydrogen-bond donors (Lipinski definition) is 2. The third kappa shape index (κ3) is 1.86. The van der Waals surface area contributed by atoms with Crippen molar-refractivity contribution in [2.45, 2.75) is 13.0 Å². The van der Waals surface area contributed by atoms with Crippen LogP contribution in [-0.2, 0) is 0 Å². The van der Waals surface area contributed by atoms with E-state index < -0.39 is 6.04 Å². The molecule has 2 N–H and O–H groups in total. The van der Waals surface area contributed by atoms with Gasteiger partial charge in [0.15, 0.2) is 0 Å². The quantitative estimate of drug-likeness (QED) is 0.672.